The van der Waals surface area contributed by atoms with Gasteiger partial charge in [-0.25, -0.2) is 0 Å². The van der Waals surface area contributed by atoms with Crippen LogP contribution in [-0.2, 0) is 0 Å². The normalized spacial score (nSPS) is 10.1. The van der Waals surface area contributed by atoms with Gasteiger partial charge in [0.15, 0.2) is 0 Å². The van der Waals surface area contributed by atoms with Gasteiger partial charge in [-0.3, -0.25) is 4.79 Å². The molecule has 0 unspecified atom stereocenters. The van der Waals surface area contributed by atoms with E-state index in [0.717, 1.165) is 5.56 Å². The summed E-state index contributed by atoms with van der Waals surface area (Å²) in [5, 5.41) is 12.3. The van der Waals surface area contributed by atoms with Gasteiger partial charge in [0.1, 0.15) is 5.75 Å². The van der Waals surface area contributed by atoms with Crippen LogP contribution in [0.1, 0.15) is 15.9 Å². The average molecular weight is 242 g/mol. The number of aromatic hydroxyl groups is 1. The highest BCUT2D eigenvalue weighted by atomic mass is 16.3. The molecule has 2 aromatic carbocycles. The van der Waals surface area contributed by atoms with Crippen LogP contribution >= 0.6 is 0 Å². The molecule has 0 atom stereocenters. The zero-order valence-corrected chi connectivity index (χ0v) is 9.97. The van der Waals surface area contributed by atoms with Gasteiger partial charge in [0.05, 0.1) is 5.56 Å². The first-order valence-corrected chi connectivity index (χ1v) is 5.53. The summed E-state index contributed by atoms with van der Waals surface area (Å²) >= 11 is 0. The molecule has 18 heavy (non-hydrogen) atoms. The summed E-state index contributed by atoms with van der Waals surface area (Å²) in [4.78, 5) is 12.0. The van der Waals surface area contributed by atoms with E-state index in [4.69, 9.17) is 5.73 Å². The van der Waals surface area contributed by atoms with E-state index in [2.05, 4.69) is 5.32 Å². The predicted octanol–water partition coefficient (Wildman–Crippen LogP) is 2.54. The first kappa shape index (κ1) is 12.0. The molecule has 0 radical (unpaired) electrons. The second kappa shape index (κ2) is 4.79. The molecule has 0 heterocycles. The first-order valence-electron chi connectivity index (χ1n) is 5.53. The molecule has 4 heteroatoms. The topological polar surface area (TPSA) is 75.3 Å². The van der Waals surface area contributed by atoms with Crippen molar-refractivity contribution in [2.24, 2.45) is 0 Å². The highest BCUT2D eigenvalue weighted by molar-refractivity contribution is 6.06. The number of rotatable bonds is 2. The Morgan fingerprint density at radius 2 is 1.94 bits per heavy atom. The fourth-order valence-corrected chi connectivity index (χ4v) is 1.68. The van der Waals surface area contributed by atoms with Gasteiger partial charge >= 0.3 is 0 Å². The van der Waals surface area contributed by atoms with Crippen molar-refractivity contribution < 1.29 is 9.90 Å². The standard InChI is InChI=1S/C14H14N2O2/c1-9-8-10(15)6-7-12(9)16-14(18)11-4-2-3-5-13(11)17/h2-8,17H,15H2,1H3,(H,16,18). The zero-order valence-electron chi connectivity index (χ0n) is 9.97. The molecule has 92 valence electrons. The third kappa shape index (κ3) is 2.43. The number of nitrogens with two attached hydrogens (primary N) is 1. The molecular formula is C14H14N2O2. The fraction of sp³-hybridized carbons (Fsp3) is 0.0714. The molecule has 1 amide bonds. The van der Waals surface area contributed by atoms with Gasteiger partial charge in [-0.15, -0.1) is 0 Å². The molecule has 0 bridgehead atoms. The van der Waals surface area contributed by atoms with E-state index in [0.29, 0.717) is 11.4 Å². The minimum Gasteiger partial charge on any atom is -0.507 e. The number of amides is 1. The van der Waals surface area contributed by atoms with E-state index in [1.165, 1.54) is 6.07 Å². The molecule has 4 N–H and O–H groups in total. The van der Waals surface area contributed by atoms with Crippen LogP contribution in [0.25, 0.3) is 0 Å². The lowest BCUT2D eigenvalue weighted by atomic mass is 10.1. The summed E-state index contributed by atoms with van der Waals surface area (Å²) in [6, 6.07) is 11.6. The molecule has 0 saturated heterocycles. The summed E-state index contributed by atoms with van der Waals surface area (Å²) in [5.41, 5.74) is 8.08. The maximum Gasteiger partial charge on any atom is 0.259 e. The molecular weight excluding hydrogens is 228 g/mol. The second-order valence-corrected chi connectivity index (χ2v) is 4.05. The number of phenolic OH excluding ortho intramolecular Hbond substituents is 1. The Hall–Kier alpha value is -2.49. The van der Waals surface area contributed by atoms with E-state index in [1.54, 1.807) is 36.4 Å². The van der Waals surface area contributed by atoms with E-state index in [9.17, 15) is 9.90 Å². The molecule has 0 aliphatic carbocycles. The summed E-state index contributed by atoms with van der Waals surface area (Å²) in [6.07, 6.45) is 0. The Labute approximate surface area is 105 Å². The number of carbonyl (C=O) groups is 1. The fourth-order valence-electron chi connectivity index (χ4n) is 1.68. The van der Waals surface area contributed by atoms with Gasteiger partial charge < -0.3 is 16.2 Å². The zero-order chi connectivity index (χ0) is 13.1. The van der Waals surface area contributed by atoms with Crippen LogP contribution in [0.2, 0.25) is 0 Å². The Kier molecular flexibility index (Phi) is 3.19. The third-order valence-corrected chi connectivity index (χ3v) is 2.65. The molecule has 0 aliphatic heterocycles. The molecule has 0 fully saturated rings. The van der Waals surface area contributed by atoms with Crippen molar-refractivity contribution in [3.8, 4) is 5.75 Å². The summed E-state index contributed by atoms with van der Waals surface area (Å²) < 4.78 is 0. The van der Waals surface area contributed by atoms with Gasteiger partial charge in [0, 0.05) is 11.4 Å². The van der Waals surface area contributed by atoms with Crippen molar-refractivity contribution in [3.63, 3.8) is 0 Å². The minimum atomic E-state index is -0.346. The molecule has 2 rings (SSSR count). The Morgan fingerprint density at radius 1 is 1.22 bits per heavy atom. The van der Waals surface area contributed by atoms with Gasteiger partial charge in [0.25, 0.3) is 5.91 Å². The van der Waals surface area contributed by atoms with E-state index in [-0.39, 0.29) is 17.2 Å². The van der Waals surface area contributed by atoms with Crippen LogP contribution in [0.5, 0.6) is 5.75 Å². The first-order chi connectivity index (χ1) is 8.58. The van der Waals surface area contributed by atoms with Crippen molar-refractivity contribution in [2.45, 2.75) is 6.92 Å². The van der Waals surface area contributed by atoms with Crippen molar-refractivity contribution in [1.82, 2.24) is 0 Å². The summed E-state index contributed by atoms with van der Waals surface area (Å²) in [7, 11) is 0. The van der Waals surface area contributed by atoms with Crippen LogP contribution in [-0.4, -0.2) is 11.0 Å². The SMILES string of the molecule is Cc1cc(N)ccc1NC(=O)c1ccccc1O. The maximum absolute atomic E-state index is 12.0. The van der Waals surface area contributed by atoms with Gasteiger partial charge in [-0.05, 0) is 42.8 Å². The number of anilines is 2. The molecule has 0 spiro atoms. The molecule has 4 nitrogen and oxygen atoms in total. The number of carbonyl (C=O) groups excluding carboxylic acids is 1. The lowest BCUT2D eigenvalue weighted by molar-refractivity contribution is 0.102. The summed E-state index contributed by atoms with van der Waals surface area (Å²) in [6.45, 7) is 1.86. The largest absolute Gasteiger partial charge is 0.507 e. The lowest BCUT2D eigenvalue weighted by Gasteiger charge is -2.09. The number of nitrogens with one attached hydrogen (secondary N) is 1. The van der Waals surface area contributed by atoms with Crippen LogP contribution in [0.3, 0.4) is 0 Å². The van der Waals surface area contributed by atoms with Gasteiger partial charge in [-0.1, -0.05) is 12.1 Å². The molecule has 0 aliphatic rings. The number of aryl methyl sites for hydroxylation is 1. The van der Waals surface area contributed by atoms with Gasteiger partial charge in [-0.2, -0.15) is 0 Å². The van der Waals surface area contributed by atoms with Crippen molar-refractivity contribution in [1.29, 1.82) is 0 Å². The lowest BCUT2D eigenvalue weighted by Crippen LogP contribution is -2.13. The number of phenols is 1. The maximum atomic E-state index is 12.0. The smallest absolute Gasteiger partial charge is 0.259 e. The van der Waals surface area contributed by atoms with E-state index in [1.807, 2.05) is 6.92 Å². The number of hydrogen-bond donors (Lipinski definition) is 3. The Morgan fingerprint density at radius 3 is 2.61 bits per heavy atom. The summed E-state index contributed by atoms with van der Waals surface area (Å²) in [5.74, 6) is -0.385. The van der Waals surface area contributed by atoms with Gasteiger partial charge in [0.2, 0.25) is 0 Å². The third-order valence-electron chi connectivity index (χ3n) is 2.65. The Balaban J connectivity index is 2.24. The predicted molar refractivity (Wildman–Crippen MR) is 71.7 cm³/mol. The average Bonchev–Trinajstić information content (AvgIpc) is 2.33. The number of para-hydroxylation sites is 1. The molecule has 0 aromatic heterocycles. The van der Waals surface area contributed by atoms with Crippen molar-refractivity contribution >= 4 is 17.3 Å². The van der Waals surface area contributed by atoms with Crippen LogP contribution in [0.4, 0.5) is 11.4 Å². The monoisotopic (exact) mass is 242 g/mol. The number of hydrogen-bond acceptors (Lipinski definition) is 3. The number of benzene rings is 2. The Bertz CT molecular complexity index is 594. The quantitative estimate of drug-likeness (QED) is 0.708. The van der Waals surface area contributed by atoms with Crippen LogP contribution in [0.15, 0.2) is 42.5 Å². The highest BCUT2D eigenvalue weighted by Crippen LogP contribution is 2.21. The van der Waals surface area contributed by atoms with Crippen LogP contribution < -0.4 is 11.1 Å². The highest BCUT2D eigenvalue weighted by Gasteiger charge is 2.11. The second-order valence-electron chi connectivity index (χ2n) is 4.05. The van der Waals surface area contributed by atoms with Crippen LogP contribution in [0, 0.1) is 6.92 Å². The molecule has 0 saturated carbocycles. The molecule has 2 aromatic rings. The number of nitrogen functional groups attached to an aromatic ring is 1. The van der Waals surface area contributed by atoms with Crippen molar-refractivity contribution in [2.75, 3.05) is 11.1 Å². The van der Waals surface area contributed by atoms with E-state index < -0.39 is 0 Å². The van der Waals surface area contributed by atoms with E-state index >= 15 is 0 Å². The van der Waals surface area contributed by atoms with Crippen molar-refractivity contribution in [3.05, 3.63) is 53.6 Å². The minimum absolute atomic E-state index is 0.0388.